The molecule has 0 spiro atoms. The smallest absolute Gasteiger partial charge is 0.289 e. The van der Waals surface area contributed by atoms with E-state index in [1.807, 2.05) is 0 Å². The van der Waals surface area contributed by atoms with E-state index in [1.54, 1.807) is 6.92 Å². The Balaban J connectivity index is 2.95. The highest BCUT2D eigenvalue weighted by atomic mass is 32.2. The molecule has 8 heteroatoms. The number of nitrogens with zero attached hydrogens (tertiary/aromatic N) is 1. The van der Waals surface area contributed by atoms with Crippen molar-refractivity contribution in [2.45, 2.75) is 24.3 Å². The number of nitro benzene ring substituents is 1. The van der Waals surface area contributed by atoms with Gasteiger partial charge in [0.1, 0.15) is 0 Å². The maximum atomic E-state index is 11.9. The summed E-state index contributed by atoms with van der Waals surface area (Å²) in [6.07, 6.45) is 0.458. The normalized spacial score (nSPS) is 13.2. The highest BCUT2D eigenvalue weighted by Gasteiger charge is 2.24. The van der Waals surface area contributed by atoms with Crippen LogP contribution in [0, 0.1) is 10.1 Å². The minimum absolute atomic E-state index is 0.140. The van der Waals surface area contributed by atoms with E-state index < -0.39 is 20.6 Å². The third kappa shape index (κ3) is 3.76. The molecule has 0 aromatic heterocycles. The summed E-state index contributed by atoms with van der Waals surface area (Å²) < 4.78 is 26.1. The van der Waals surface area contributed by atoms with Crippen LogP contribution in [0.25, 0.3) is 0 Å². The zero-order valence-corrected chi connectivity index (χ0v) is 10.7. The molecule has 0 fully saturated rings. The molecule has 0 aliphatic carbocycles. The second kappa shape index (κ2) is 5.89. The quantitative estimate of drug-likeness (QED) is 0.582. The highest BCUT2D eigenvalue weighted by Crippen LogP contribution is 2.22. The number of sulfonamides is 1. The van der Waals surface area contributed by atoms with Gasteiger partial charge in [-0.1, -0.05) is 12.1 Å². The van der Waals surface area contributed by atoms with Gasteiger partial charge in [-0.2, -0.15) is 0 Å². The summed E-state index contributed by atoms with van der Waals surface area (Å²) in [4.78, 5) is 9.69. The predicted octanol–water partition coefficient (Wildman–Crippen LogP) is 0.610. The summed E-state index contributed by atoms with van der Waals surface area (Å²) >= 11 is 0. The minimum atomic E-state index is -3.88. The van der Waals surface area contributed by atoms with Crippen molar-refractivity contribution in [1.82, 2.24) is 4.72 Å². The lowest BCUT2D eigenvalue weighted by Crippen LogP contribution is -2.29. The largest absolute Gasteiger partial charge is 0.328 e. The number of nitro groups is 1. The summed E-state index contributed by atoms with van der Waals surface area (Å²) in [7, 11) is -3.88. The first-order valence-corrected chi connectivity index (χ1v) is 6.81. The number of nitrogens with one attached hydrogen (secondary N) is 1. The molecule has 0 amide bonds. The summed E-state index contributed by atoms with van der Waals surface area (Å²) in [6, 6.07) is 5.07. The molecule has 0 unspecified atom stereocenters. The Kier molecular flexibility index (Phi) is 4.76. The maximum Gasteiger partial charge on any atom is 0.289 e. The molecule has 0 saturated carbocycles. The van der Waals surface area contributed by atoms with Crippen molar-refractivity contribution >= 4 is 15.7 Å². The highest BCUT2D eigenvalue weighted by molar-refractivity contribution is 7.89. The second-order valence-corrected chi connectivity index (χ2v) is 5.62. The Bertz CT molecular complexity index is 528. The maximum absolute atomic E-state index is 11.9. The molecule has 0 saturated heterocycles. The van der Waals surface area contributed by atoms with Crippen molar-refractivity contribution in [3.8, 4) is 0 Å². The number of nitrogens with two attached hydrogens (primary N) is 1. The number of rotatable bonds is 6. The van der Waals surface area contributed by atoms with Crippen LogP contribution in [-0.4, -0.2) is 25.9 Å². The van der Waals surface area contributed by atoms with E-state index in [0.29, 0.717) is 6.42 Å². The van der Waals surface area contributed by atoms with Gasteiger partial charge in [-0.05, 0) is 19.4 Å². The molecule has 0 aliphatic rings. The van der Waals surface area contributed by atoms with E-state index in [1.165, 1.54) is 18.2 Å². The van der Waals surface area contributed by atoms with Crippen molar-refractivity contribution in [3.63, 3.8) is 0 Å². The Morgan fingerprint density at radius 2 is 2.06 bits per heavy atom. The third-order valence-corrected chi connectivity index (χ3v) is 3.75. The molecule has 0 heterocycles. The van der Waals surface area contributed by atoms with Crippen molar-refractivity contribution in [2.24, 2.45) is 5.73 Å². The lowest BCUT2D eigenvalue weighted by Gasteiger charge is -2.08. The van der Waals surface area contributed by atoms with Crippen LogP contribution in [0.2, 0.25) is 0 Å². The van der Waals surface area contributed by atoms with Crippen LogP contribution in [0.5, 0.6) is 0 Å². The van der Waals surface area contributed by atoms with Gasteiger partial charge >= 0.3 is 0 Å². The van der Waals surface area contributed by atoms with Gasteiger partial charge in [-0.15, -0.1) is 0 Å². The van der Waals surface area contributed by atoms with Crippen LogP contribution in [0.1, 0.15) is 13.3 Å². The van der Waals surface area contributed by atoms with Crippen molar-refractivity contribution in [2.75, 3.05) is 6.54 Å². The molecular weight excluding hydrogens is 258 g/mol. The number of hydrogen-bond donors (Lipinski definition) is 2. The zero-order valence-electron chi connectivity index (χ0n) is 9.87. The van der Waals surface area contributed by atoms with E-state index in [4.69, 9.17) is 5.73 Å². The van der Waals surface area contributed by atoms with E-state index in [2.05, 4.69) is 4.72 Å². The third-order valence-electron chi connectivity index (χ3n) is 2.24. The molecular formula is C10H15N3O4S. The van der Waals surface area contributed by atoms with Crippen molar-refractivity contribution in [3.05, 3.63) is 34.4 Å². The van der Waals surface area contributed by atoms with E-state index in [9.17, 15) is 18.5 Å². The van der Waals surface area contributed by atoms with Crippen molar-refractivity contribution < 1.29 is 13.3 Å². The molecule has 18 heavy (non-hydrogen) atoms. The fourth-order valence-corrected chi connectivity index (χ4v) is 2.55. The van der Waals surface area contributed by atoms with Crippen LogP contribution in [-0.2, 0) is 10.0 Å². The van der Waals surface area contributed by atoms with Crippen molar-refractivity contribution in [1.29, 1.82) is 0 Å². The molecule has 0 bridgehead atoms. The Morgan fingerprint density at radius 1 is 1.44 bits per heavy atom. The summed E-state index contributed by atoms with van der Waals surface area (Å²) in [6.45, 7) is 1.89. The van der Waals surface area contributed by atoms with E-state index in [-0.39, 0.29) is 17.5 Å². The van der Waals surface area contributed by atoms with Gasteiger partial charge in [0.15, 0.2) is 4.90 Å². The average molecular weight is 273 g/mol. The Hall–Kier alpha value is -1.51. The lowest BCUT2D eigenvalue weighted by atomic mass is 10.3. The molecule has 0 aliphatic heterocycles. The Morgan fingerprint density at radius 3 is 2.61 bits per heavy atom. The molecule has 100 valence electrons. The SMILES string of the molecule is C[C@H](N)CCNS(=O)(=O)c1ccccc1[N+](=O)[O-]. The molecule has 3 N–H and O–H groups in total. The molecule has 7 nitrogen and oxygen atoms in total. The van der Waals surface area contributed by atoms with Gasteiger partial charge in [0.25, 0.3) is 5.69 Å². The summed E-state index contributed by atoms with van der Waals surface area (Å²) in [5.41, 5.74) is 5.06. The molecule has 1 atom stereocenters. The topological polar surface area (TPSA) is 115 Å². The number of hydrogen-bond acceptors (Lipinski definition) is 5. The van der Waals surface area contributed by atoms with E-state index >= 15 is 0 Å². The van der Waals surface area contributed by atoms with Crippen LogP contribution in [0.4, 0.5) is 5.69 Å². The monoisotopic (exact) mass is 273 g/mol. The number of para-hydroxylation sites is 1. The fourth-order valence-electron chi connectivity index (χ4n) is 1.33. The van der Waals surface area contributed by atoms with Gasteiger partial charge in [0, 0.05) is 18.7 Å². The zero-order chi connectivity index (χ0) is 13.8. The first kappa shape index (κ1) is 14.6. The first-order chi connectivity index (χ1) is 8.34. The van der Waals surface area contributed by atoms with Gasteiger partial charge in [-0.25, -0.2) is 13.1 Å². The molecule has 0 radical (unpaired) electrons. The number of benzene rings is 1. The first-order valence-electron chi connectivity index (χ1n) is 5.33. The minimum Gasteiger partial charge on any atom is -0.328 e. The van der Waals surface area contributed by atoms with Crippen LogP contribution in [0.3, 0.4) is 0 Å². The van der Waals surface area contributed by atoms with Gasteiger partial charge in [0.05, 0.1) is 4.92 Å². The second-order valence-electron chi connectivity index (χ2n) is 3.89. The van der Waals surface area contributed by atoms with Gasteiger partial charge in [-0.3, -0.25) is 10.1 Å². The predicted molar refractivity (Wildman–Crippen MR) is 66.6 cm³/mol. The lowest BCUT2D eigenvalue weighted by molar-refractivity contribution is -0.387. The molecule has 1 aromatic rings. The summed E-state index contributed by atoms with van der Waals surface area (Å²) in [5, 5.41) is 10.7. The average Bonchev–Trinajstić information content (AvgIpc) is 2.28. The van der Waals surface area contributed by atoms with Gasteiger partial charge in [0.2, 0.25) is 10.0 Å². The molecule has 1 rings (SSSR count). The standard InChI is InChI=1S/C10H15N3O4S/c1-8(11)6-7-12-18(16,17)10-5-3-2-4-9(10)13(14)15/h2-5,8,12H,6-7,11H2,1H3/t8-/m0/s1. The van der Waals surface area contributed by atoms with Crippen LogP contribution in [0.15, 0.2) is 29.2 Å². The Labute approximate surface area is 105 Å². The van der Waals surface area contributed by atoms with Gasteiger partial charge < -0.3 is 5.73 Å². The fraction of sp³-hybridized carbons (Fsp3) is 0.400. The van der Waals surface area contributed by atoms with Crippen LogP contribution < -0.4 is 10.5 Å². The van der Waals surface area contributed by atoms with E-state index in [0.717, 1.165) is 6.07 Å². The summed E-state index contributed by atoms with van der Waals surface area (Å²) in [5.74, 6) is 0. The molecule has 1 aromatic carbocycles. The van der Waals surface area contributed by atoms with Crippen LogP contribution >= 0.6 is 0 Å².